The van der Waals surface area contributed by atoms with Crippen LogP contribution in [0.15, 0.2) is 42.5 Å². The molecule has 0 amide bonds. The van der Waals surface area contributed by atoms with E-state index < -0.39 is 0 Å². The zero-order valence-electron chi connectivity index (χ0n) is 10.9. The van der Waals surface area contributed by atoms with Crippen molar-refractivity contribution in [3.8, 4) is 6.07 Å². The lowest BCUT2D eigenvalue weighted by Crippen LogP contribution is -2.00. The SMILES string of the molecule is Cc1cc(NCc2ccc(CO)cc2)ccc1C#N. The molecule has 0 heterocycles. The van der Waals surface area contributed by atoms with Crippen LogP contribution < -0.4 is 5.32 Å². The molecule has 0 saturated heterocycles. The van der Waals surface area contributed by atoms with Crippen molar-refractivity contribution in [1.82, 2.24) is 0 Å². The van der Waals surface area contributed by atoms with Gasteiger partial charge in [-0.1, -0.05) is 24.3 Å². The second-order valence-electron chi connectivity index (χ2n) is 4.47. The number of benzene rings is 2. The number of aliphatic hydroxyl groups excluding tert-OH is 1. The van der Waals surface area contributed by atoms with Crippen molar-refractivity contribution in [1.29, 1.82) is 5.26 Å². The number of aliphatic hydroxyl groups is 1. The summed E-state index contributed by atoms with van der Waals surface area (Å²) in [4.78, 5) is 0. The van der Waals surface area contributed by atoms with E-state index >= 15 is 0 Å². The molecule has 0 radical (unpaired) electrons. The third-order valence-electron chi connectivity index (χ3n) is 3.05. The van der Waals surface area contributed by atoms with Gasteiger partial charge < -0.3 is 10.4 Å². The first-order valence-electron chi connectivity index (χ1n) is 6.16. The number of nitrogens with one attached hydrogen (secondary N) is 1. The first-order valence-corrected chi connectivity index (χ1v) is 6.16. The Bertz CT molecular complexity index is 597. The molecule has 0 unspecified atom stereocenters. The summed E-state index contributed by atoms with van der Waals surface area (Å²) in [6, 6.07) is 15.7. The molecular weight excluding hydrogens is 236 g/mol. The predicted molar refractivity (Wildman–Crippen MR) is 75.6 cm³/mol. The molecule has 0 aromatic heterocycles. The smallest absolute Gasteiger partial charge is 0.0994 e. The van der Waals surface area contributed by atoms with Crippen LogP contribution in [0.3, 0.4) is 0 Å². The van der Waals surface area contributed by atoms with E-state index in [0.29, 0.717) is 5.56 Å². The lowest BCUT2D eigenvalue weighted by atomic mass is 10.1. The van der Waals surface area contributed by atoms with Crippen LogP contribution in [0.5, 0.6) is 0 Å². The van der Waals surface area contributed by atoms with Gasteiger partial charge in [-0.25, -0.2) is 0 Å². The average molecular weight is 252 g/mol. The molecule has 19 heavy (non-hydrogen) atoms. The number of anilines is 1. The zero-order chi connectivity index (χ0) is 13.7. The molecule has 0 aliphatic heterocycles. The summed E-state index contributed by atoms with van der Waals surface area (Å²) >= 11 is 0. The minimum absolute atomic E-state index is 0.0719. The third-order valence-corrected chi connectivity index (χ3v) is 3.05. The quantitative estimate of drug-likeness (QED) is 0.879. The van der Waals surface area contributed by atoms with Gasteiger partial charge in [-0.3, -0.25) is 0 Å². The van der Waals surface area contributed by atoms with Crippen LogP contribution in [-0.4, -0.2) is 5.11 Å². The van der Waals surface area contributed by atoms with Gasteiger partial charge >= 0.3 is 0 Å². The molecule has 2 N–H and O–H groups in total. The number of nitrogens with zero attached hydrogens (tertiary/aromatic N) is 1. The van der Waals surface area contributed by atoms with Gasteiger partial charge in [0.15, 0.2) is 0 Å². The number of aryl methyl sites for hydroxylation is 1. The Balaban J connectivity index is 2.02. The van der Waals surface area contributed by atoms with E-state index in [0.717, 1.165) is 28.9 Å². The molecule has 0 saturated carbocycles. The lowest BCUT2D eigenvalue weighted by Gasteiger charge is -2.08. The second kappa shape index (κ2) is 6.03. The van der Waals surface area contributed by atoms with E-state index in [9.17, 15) is 0 Å². The fourth-order valence-corrected chi connectivity index (χ4v) is 1.87. The molecule has 0 atom stereocenters. The van der Waals surface area contributed by atoms with E-state index in [2.05, 4.69) is 11.4 Å². The van der Waals surface area contributed by atoms with E-state index in [1.165, 1.54) is 0 Å². The highest BCUT2D eigenvalue weighted by molar-refractivity contribution is 5.51. The highest BCUT2D eigenvalue weighted by atomic mass is 16.3. The first-order chi connectivity index (χ1) is 9.22. The van der Waals surface area contributed by atoms with Crippen molar-refractivity contribution in [2.24, 2.45) is 0 Å². The summed E-state index contributed by atoms with van der Waals surface area (Å²) in [6.07, 6.45) is 0. The molecular formula is C16H16N2O. The summed E-state index contributed by atoms with van der Waals surface area (Å²) in [5.74, 6) is 0. The fourth-order valence-electron chi connectivity index (χ4n) is 1.87. The van der Waals surface area contributed by atoms with E-state index in [1.807, 2.05) is 49.4 Å². The molecule has 2 rings (SSSR count). The maximum atomic E-state index is 8.97. The summed E-state index contributed by atoms with van der Waals surface area (Å²) in [5.41, 5.74) is 4.75. The maximum absolute atomic E-state index is 8.97. The topological polar surface area (TPSA) is 56.0 Å². The van der Waals surface area contributed by atoms with Crippen LogP contribution in [0, 0.1) is 18.3 Å². The Labute approximate surface area is 113 Å². The zero-order valence-corrected chi connectivity index (χ0v) is 10.9. The molecule has 0 spiro atoms. The molecule has 0 fully saturated rings. The van der Waals surface area contributed by atoms with E-state index in [4.69, 9.17) is 10.4 Å². The van der Waals surface area contributed by atoms with Crippen LogP contribution in [-0.2, 0) is 13.2 Å². The Morgan fingerprint density at radius 1 is 1.11 bits per heavy atom. The minimum Gasteiger partial charge on any atom is -0.392 e. The second-order valence-corrected chi connectivity index (χ2v) is 4.47. The largest absolute Gasteiger partial charge is 0.392 e. The summed E-state index contributed by atoms with van der Waals surface area (Å²) < 4.78 is 0. The summed E-state index contributed by atoms with van der Waals surface area (Å²) in [7, 11) is 0. The van der Waals surface area contributed by atoms with Crippen LogP contribution >= 0.6 is 0 Å². The van der Waals surface area contributed by atoms with Crippen LogP contribution in [0.25, 0.3) is 0 Å². The van der Waals surface area contributed by atoms with Gasteiger partial charge in [0.1, 0.15) is 0 Å². The molecule has 2 aromatic rings. The Hall–Kier alpha value is -2.31. The summed E-state index contributed by atoms with van der Waals surface area (Å²) in [5, 5.41) is 21.2. The van der Waals surface area contributed by atoms with Crippen molar-refractivity contribution >= 4 is 5.69 Å². The van der Waals surface area contributed by atoms with Gasteiger partial charge in [0.25, 0.3) is 0 Å². The number of hydrogen-bond donors (Lipinski definition) is 2. The Morgan fingerprint density at radius 3 is 2.37 bits per heavy atom. The predicted octanol–water partition coefficient (Wildman–Crippen LogP) is 2.97. The standard InChI is InChI=1S/C16H16N2O/c1-12-8-16(7-6-15(12)9-17)18-10-13-2-4-14(11-19)5-3-13/h2-8,18-19H,10-11H2,1H3. The number of rotatable bonds is 4. The van der Waals surface area contributed by atoms with Gasteiger partial charge in [-0.05, 0) is 41.8 Å². The summed E-state index contributed by atoms with van der Waals surface area (Å²) in [6.45, 7) is 2.72. The van der Waals surface area contributed by atoms with Gasteiger partial charge in [-0.2, -0.15) is 5.26 Å². The third kappa shape index (κ3) is 3.34. The van der Waals surface area contributed by atoms with Gasteiger partial charge in [-0.15, -0.1) is 0 Å². The fraction of sp³-hybridized carbons (Fsp3) is 0.188. The highest BCUT2D eigenvalue weighted by Crippen LogP contribution is 2.15. The minimum atomic E-state index is 0.0719. The van der Waals surface area contributed by atoms with Crippen molar-refractivity contribution in [3.05, 3.63) is 64.7 Å². The molecule has 0 aliphatic rings. The van der Waals surface area contributed by atoms with Gasteiger partial charge in [0, 0.05) is 12.2 Å². The van der Waals surface area contributed by atoms with Crippen LogP contribution in [0.1, 0.15) is 22.3 Å². The van der Waals surface area contributed by atoms with Gasteiger partial charge in [0.2, 0.25) is 0 Å². The molecule has 0 bridgehead atoms. The number of hydrogen-bond acceptors (Lipinski definition) is 3. The van der Waals surface area contributed by atoms with E-state index in [-0.39, 0.29) is 6.61 Å². The average Bonchev–Trinajstić information content (AvgIpc) is 2.46. The molecule has 3 heteroatoms. The van der Waals surface area contributed by atoms with Crippen molar-refractivity contribution in [2.45, 2.75) is 20.1 Å². The van der Waals surface area contributed by atoms with Crippen LogP contribution in [0.4, 0.5) is 5.69 Å². The Morgan fingerprint density at radius 2 is 1.79 bits per heavy atom. The van der Waals surface area contributed by atoms with E-state index in [1.54, 1.807) is 0 Å². The van der Waals surface area contributed by atoms with Crippen LogP contribution in [0.2, 0.25) is 0 Å². The monoisotopic (exact) mass is 252 g/mol. The van der Waals surface area contributed by atoms with Crippen molar-refractivity contribution < 1.29 is 5.11 Å². The molecule has 3 nitrogen and oxygen atoms in total. The number of nitriles is 1. The normalized spacial score (nSPS) is 9.95. The Kier molecular flexibility index (Phi) is 4.17. The lowest BCUT2D eigenvalue weighted by molar-refractivity contribution is 0.282. The molecule has 96 valence electrons. The van der Waals surface area contributed by atoms with Crippen molar-refractivity contribution in [3.63, 3.8) is 0 Å². The van der Waals surface area contributed by atoms with Crippen molar-refractivity contribution in [2.75, 3.05) is 5.32 Å². The maximum Gasteiger partial charge on any atom is 0.0994 e. The highest BCUT2D eigenvalue weighted by Gasteiger charge is 1.99. The first kappa shape index (κ1) is 13.1. The van der Waals surface area contributed by atoms with Gasteiger partial charge in [0.05, 0.1) is 18.2 Å². The molecule has 0 aliphatic carbocycles. The molecule has 2 aromatic carbocycles.